The average Bonchev–Trinajstić information content (AvgIpc) is 3.03. The van der Waals surface area contributed by atoms with Crippen LogP contribution < -0.4 is 5.32 Å². The van der Waals surface area contributed by atoms with Crippen LogP contribution in [0.1, 0.15) is 52.1 Å². The number of ether oxygens (including phenoxy) is 1. The molecule has 0 aliphatic rings. The van der Waals surface area contributed by atoms with E-state index < -0.39 is 44.4 Å². The van der Waals surface area contributed by atoms with Crippen molar-refractivity contribution in [3.63, 3.8) is 0 Å². The van der Waals surface area contributed by atoms with Gasteiger partial charge in [0.15, 0.2) is 0 Å². The fraction of sp³-hybridized carbons (Fsp3) is 0.500. The maximum Gasteiger partial charge on any atom is 0.408 e. The molecule has 0 unspecified atom stereocenters. The number of alkyl carbamates (subject to hydrolysis) is 1. The number of nitrogens with one attached hydrogen (secondary N) is 1. The first-order chi connectivity index (χ1) is 12.9. The molecule has 1 N–H and O–H groups in total. The molecule has 0 saturated heterocycles. The second kappa shape index (κ2) is 8.26. The molecule has 0 spiro atoms. The molecule has 1 heterocycles. The molecule has 0 bridgehead atoms. The Morgan fingerprint density at radius 3 is 2.46 bits per heavy atom. The SMILES string of the molecule is CC(C)[C@@H](NC(=O)OC(C)(C)C)c1nnc(S(=O)(=O)Cc2ccccc2F)o1. The number of benzene rings is 1. The summed E-state index contributed by atoms with van der Waals surface area (Å²) in [5.74, 6) is -1.52. The Labute approximate surface area is 163 Å². The van der Waals surface area contributed by atoms with Gasteiger partial charge in [-0.05, 0) is 32.8 Å². The molecule has 0 fully saturated rings. The van der Waals surface area contributed by atoms with E-state index in [2.05, 4.69) is 15.5 Å². The minimum atomic E-state index is -4.06. The number of aromatic nitrogens is 2. The number of carbonyl (C=O) groups excluding carboxylic acids is 1. The van der Waals surface area contributed by atoms with E-state index in [1.54, 1.807) is 34.6 Å². The summed E-state index contributed by atoms with van der Waals surface area (Å²) in [7, 11) is -4.06. The van der Waals surface area contributed by atoms with Gasteiger partial charge in [-0.25, -0.2) is 17.6 Å². The van der Waals surface area contributed by atoms with E-state index in [0.717, 1.165) is 0 Å². The molecular formula is C18H24FN3O5S. The van der Waals surface area contributed by atoms with E-state index >= 15 is 0 Å². The largest absolute Gasteiger partial charge is 0.444 e. The van der Waals surface area contributed by atoms with Crippen molar-refractivity contribution in [3.8, 4) is 0 Å². The number of sulfone groups is 1. The van der Waals surface area contributed by atoms with Gasteiger partial charge in [0.2, 0.25) is 15.7 Å². The van der Waals surface area contributed by atoms with Gasteiger partial charge in [0.1, 0.15) is 17.5 Å². The number of carbonyl (C=O) groups is 1. The van der Waals surface area contributed by atoms with Crippen molar-refractivity contribution in [3.05, 3.63) is 41.5 Å². The smallest absolute Gasteiger partial charge is 0.408 e. The molecule has 0 saturated carbocycles. The molecule has 1 amide bonds. The summed E-state index contributed by atoms with van der Waals surface area (Å²) in [6.07, 6.45) is -0.694. The summed E-state index contributed by atoms with van der Waals surface area (Å²) in [4.78, 5) is 12.0. The predicted molar refractivity (Wildman–Crippen MR) is 98.5 cm³/mol. The highest BCUT2D eigenvalue weighted by Crippen LogP contribution is 2.24. The molecule has 2 aromatic rings. The van der Waals surface area contributed by atoms with E-state index in [-0.39, 0.29) is 17.4 Å². The minimum Gasteiger partial charge on any atom is -0.444 e. The lowest BCUT2D eigenvalue weighted by Crippen LogP contribution is -2.37. The monoisotopic (exact) mass is 413 g/mol. The zero-order chi connectivity index (χ0) is 21.1. The Balaban J connectivity index is 2.22. The fourth-order valence-corrected chi connectivity index (χ4v) is 3.45. The van der Waals surface area contributed by atoms with E-state index in [1.807, 2.05) is 0 Å². The predicted octanol–water partition coefficient (Wildman–Crippen LogP) is 3.40. The molecule has 10 heteroatoms. The van der Waals surface area contributed by atoms with Crippen LogP contribution in [-0.4, -0.2) is 30.3 Å². The van der Waals surface area contributed by atoms with Crippen LogP contribution in [0, 0.1) is 11.7 Å². The van der Waals surface area contributed by atoms with Gasteiger partial charge < -0.3 is 14.5 Å². The number of halogens is 1. The zero-order valence-electron chi connectivity index (χ0n) is 16.4. The van der Waals surface area contributed by atoms with Gasteiger partial charge >= 0.3 is 11.3 Å². The number of amides is 1. The van der Waals surface area contributed by atoms with Crippen molar-refractivity contribution >= 4 is 15.9 Å². The maximum atomic E-state index is 13.8. The second-order valence-electron chi connectivity index (χ2n) is 7.62. The number of nitrogens with zero attached hydrogens (tertiary/aromatic N) is 2. The highest BCUT2D eigenvalue weighted by atomic mass is 32.2. The maximum absolute atomic E-state index is 13.8. The molecule has 1 atom stereocenters. The van der Waals surface area contributed by atoms with E-state index in [4.69, 9.17) is 9.15 Å². The second-order valence-corrected chi connectivity index (χ2v) is 9.49. The lowest BCUT2D eigenvalue weighted by Gasteiger charge is -2.23. The van der Waals surface area contributed by atoms with Crippen LogP contribution in [0.3, 0.4) is 0 Å². The Morgan fingerprint density at radius 1 is 1.25 bits per heavy atom. The normalized spacial score (nSPS) is 13.4. The lowest BCUT2D eigenvalue weighted by molar-refractivity contribution is 0.0477. The van der Waals surface area contributed by atoms with Crippen LogP contribution in [0.2, 0.25) is 0 Å². The van der Waals surface area contributed by atoms with Crippen LogP contribution in [0.4, 0.5) is 9.18 Å². The molecule has 154 valence electrons. The number of hydrogen-bond acceptors (Lipinski definition) is 7. The third-order valence-corrected chi connectivity index (χ3v) is 4.98. The first-order valence-corrected chi connectivity index (χ1v) is 10.3. The topological polar surface area (TPSA) is 111 Å². The average molecular weight is 413 g/mol. The van der Waals surface area contributed by atoms with Crippen LogP contribution in [-0.2, 0) is 20.3 Å². The van der Waals surface area contributed by atoms with Gasteiger partial charge in [-0.15, -0.1) is 5.10 Å². The summed E-state index contributed by atoms with van der Waals surface area (Å²) < 4.78 is 49.3. The van der Waals surface area contributed by atoms with Crippen LogP contribution in [0.15, 0.2) is 33.9 Å². The lowest BCUT2D eigenvalue weighted by atomic mass is 10.1. The van der Waals surface area contributed by atoms with Crippen molar-refractivity contribution in [2.24, 2.45) is 5.92 Å². The molecule has 28 heavy (non-hydrogen) atoms. The summed E-state index contributed by atoms with van der Waals surface area (Å²) in [5, 5.41) is 9.30. The van der Waals surface area contributed by atoms with Gasteiger partial charge in [0, 0.05) is 5.56 Å². The summed E-state index contributed by atoms with van der Waals surface area (Å²) in [5.41, 5.74) is -0.705. The van der Waals surface area contributed by atoms with E-state index in [1.165, 1.54) is 24.3 Å². The molecule has 1 aromatic heterocycles. The highest BCUT2D eigenvalue weighted by Gasteiger charge is 2.30. The highest BCUT2D eigenvalue weighted by molar-refractivity contribution is 7.90. The van der Waals surface area contributed by atoms with Crippen LogP contribution in [0.5, 0.6) is 0 Å². The van der Waals surface area contributed by atoms with Crippen molar-refractivity contribution in [1.29, 1.82) is 0 Å². The summed E-state index contributed by atoms with van der Waals surface area (Å²) in [6, 6.07) is 4.78. The van der Waals surface area contributed by atoms with Gasteiger partial charge in [-0.1, -0.05) is 37.1 Å². The van der Waals surface area contributed by atoms with Crippen molar-refractivity contribution in [2.45, 2.75) is 57.2 Å². The zero-order valence-corrected chi connectivity index (χ0v) is 17.2. The molecule has 8 nitrogen and oxygen atoms in total. The van der Waals surface area contributed by atoms with E-state index in [9.17, 15) is 17.6 Å². The molecular weight excluding hydrogens is 389 g/mol. The number of rotatable bonds is 6. The van der Waals surface area contributed by atoms with Crippen molar-refractivity contribution in [2.75, 3.05) is 0 Å². The first kappa shape index (κ1) is 21.8. The summed E-state index contributed by atoms with van der Waals surface area (Å²) >= 11 is 0. The molecule has 2 rings (SSSR count). The standard InChI is InChI=1S/C18H24FN3O5S/c1-11(2)14(20-16(23)27-18(3,4)5)15-21-22-17(26-15)28(24,25)10-12-8-6-7-9-13(12)19/h6-9,11,14H,10H2,1-5H3,(H,20,23)/t14-/m1/s1. The molecule has 0 radical (unpaired) electrons. The number of hydrogen-bond donors (Lipinski definition) is 1. The van der Waals surface area contributed by atoms with E-state index in [0.29, 0.717) is 0 Å². The van der Waals surface area contributed by atoms with Crippen LogP contribution in [0.25, 0.3) is 0 Å². The Hall–Kier alpha value is -2.49. The first-order valence-electron chi connectivity index (χ1n) is 8.68. The Bertz CT molecular complexity index is 935. The van der Waals surface area contributed by atoms with Crippen LogP contribution >= 0.6 is 0 Å². The van der Waals surface area contributed by atoms with Crippen molar-refractivity contribution in [1.82, 2.24) is 15.5 Å². The Kier molecular flexibility index (Phi) is 6.43. The Morgan fingerprint density at radius 2 is 1.89 bits per heavy atom. The van der Waals surface area contributed by atoms with Gasteiger partial charge in [-0.2, -0.15) is 0 Å². The molecule has 1 aromatic carbocycles. The third kappa shape index (κ3) is 5.75. The van der Waals surface area contributed by atoms with Gasteiger partial charge in [0.05, 0.1) is 5.75 Å². The van der Waals surface area contributed by atoms with Gasteiger partial charge in [0.25, 0.3) is 0 Å². The van der Waals surface area contributed by atoms with Crippen molar-refractivity contribution < 1.29 is 26.8 Å². The third-order valence-electron chi connectivity index (χ3n) is 3.60. The quantitative estimate of drug-likeness (QED) is 0.772. The fourth-order valence-electron chi connectivity index (χ4n) is 2.30. The summed E-state index contributed by atoms with van der Waals surface area (Å²) in [6.45, 7) is 8.74. The molecule has 0 aliphatic carbocycles. The molecule has 0 aliphatic heterocycles. The minimum absolute atomic E-state index is 0.00506. The van der Waals surface area contributed by atoms with Gasteiger partial charge in [-0.3, -0.25) is 0 Å².